The second-order valence-electron chi connectivity index (χ2n) is 3.55. The van der Waals surface area contributed by atoms with Crippen LogP contribution in [0.5, 0.6) is 0 Å². The number of alkyl halides is 3. The van der Waals surface area contributed by atoms with Gasteiger partial charge in [-0.05, 0) is 12.5 Å². The molecule has 1 aromatic rings. The van der Waals surface area contributed by atoms with E-state index in [1.807, 2.05) is 0 Å². The summed E-state index contributed by atoms with van der Waals surface area (Å²) < 4.78 is 37.0. The molecular weight excluding hydrogens is 271 g/mol. The number of halogens is 4. The summed E-state index contributed by atoms with van der Waals surface area (Å²) in [5, 5.41) is 2.61. The highest BCUT2D eigenvalue weighted by atomic mass is 35.5. The van der Waals surface area contributed by atoms with E-state index in [0.29, 0.717) is 19.2 Å². The lowest BCUT2D eigenvalue weighted by Crippen LogP contribution is -2.13. The lowest BCUT2D eigenvalue weighted by atomic mass is 10.2. The number of rotatable bonds is 5. The number of aromatic nitrogens is 1. The molecule has 0 fully saturated rings. The summed E-state index contributed by atoms with van der Waals surface area (Å²) in [6.45, 7) is 0.348. The summed E-state index contributed by atoms with van der Waals surface area (Å²) in [6, 6.07) is 0.797. The summed E-state index contributed by atoms with van der Waals surface area (Å²) >= 11 is 5.66. The van der Waals surface area contributed by atoms with E-state index in [1.54, 1.807) is 0 Å². The van der Waals surface area contributed by atoms with Crippen molar-refractivity contribution in [2.45, 2.75) is 19.0 Å². The summed E-state index contributed by atoms with van der Waals surface area (Å²) in [5.74, 6) is -0.294. The van der Waals surface area contributed by atoms with Crippen LogP contribution in [0.1, 0.15) is 18.4 Å². The second kappa shape index (κ2) is 5.90. The van der Waals surface area contributed by atoms with E-state index in [0.717, 1.165) is 6.07 Å². The van der Waals surface area contributed by atoms with Crippen LogP contribution >= 0.6 is 11.6 Å². The summed E-state index contributed by atoms with van der Waals surface area (Å²) in [7, 11) is 0. The first-order valence-electron chi connectivity index (χ1n) is 5.05. The van der Waals surface area contributed by atoms with Crippen molar-refractivity contribution in [2.24, 2.45) is 5.73 Å². The molecule has 0 saturated carbocycles. The molecule has 0 saturated heterocycles. The van der Waals surface area contributed by atoms with Crippen molar-refractivity contribution in [3.05, 3.63) is 22.8 Å². The minimum atomic E-state index is -4.47. The van der Waals surface area contributed by atoms with Gasteiger partial charge in [-0.1, -0.05) is 11.6 Å². The van der Waals surface area contributed by atoms with Crippen LogP contribution < -0.4 is 11.1 Å². The average molecular weight is 282 g/mol. The number of hydrogen-bond donors (Lipinski definition) is 2. The molecule has 0 aliphatic carbocycles. The number of anilines is 1. The third kappa shape index (κ3) is 4.40. The topological polar surface area (TPSA) is 68.0 Å². The van der Waals surface area contributed by atoms with Crippen LogP contribution in [0.4, 0.5) is 19.0 Å². The molecule has 1 aromatic heterocycles. The Hall–Kier alpha value is -1.50. The molecule has 1 amide bonds. The Morgan fingerprint density at radius 1 is 1.50 bits per heavy atom. The van der Waals surface area contributed by atoms with E-state index in [-0.39, 0.29) is 17.3 Å². The standard InChI is InChI=1S/C10H11ClF3N3O/c11-7-4-6(10(12,13)14)5-17-9(7)16-3-1-2-8(15)18/h4-5H,1-3H2,(H2,15,18)(H,16,17). The molecule has 1 heterocycles. The number of primary amides is 1. The molecule has 4 nitrogen and oxygen atoms in total. The highest BCUT2D eigenvalue weighted by Crippen LogP contribution is 2.32. The first-order valence-corrected chi connectivity index (χ1v) is 5.43. The first-order chi connectivity index (χ1) is 8.30. The molecule has 1 rings (SSSR count). The van der Waals surface area contributed by atoms with Crippen molar-refractivity contribution in [2.75, 3.05) is 11.9 Å². The zero-order chi connectivity index (χ0) is 13.8. The summed E-state index contributed by atoms with van der Waals surface area (Å²) in [6.07, 6.45) is -3.14. The predicted molar refractivity (Wildman–Crippen MR) is 61.2 cm³/mol. The fourth-order valence-corrected chi connectivity index (χ4v) is 1.43. The molecule has 0 unspecified atom stereocenters. The molecule has 0 atom stereocenters. The number of nitrogens with two attached hydrogens (primary N) is 1. The summed E-state index contributed by atoms with van der Waals surface area (Å²) in [5.41, 5.74) is 4.03. The smallest absolute Gasteiger partial charge is 0.370 e. The molecule has 0 aliphatic heterocycles. The fourth-order valence-electron chi connectivity index (χ4n) is 1.19. The van der Waals surface area contributed by atoms with Gasteiger partial charge in [0, 0.05) is 19.2 Å². The van der Waals surface area contributed by atoms with Crippen LogP contribution in [-0.2, 0) is 11.0 Å². The Morgan fingerprint density at radius 2 is 2.17 bits per heavy atom. The number of nitrogens with one attached hydrogen (secondary N) is 1. The molecule has 0 aromatic carbocycles. The van der Waals surface area contributed by atoms with Gasteiger partial charge < -0.3 is 11.1 Å². The van der Waals surface area contributed by atoms with Crippen molar-refractivity contribution in [1.82, 2.24) is 4.98 Å². The Bertz CT molecular complexity index is 437. The van der Waals surface area contributed by atoms with E-state index in [9.17, 15) is 18.0 Å². The highest BCUT2D eigenvalue weighted by molar-refractivity contribution is 6.32. The van der Waals surface area contributed by atoms with Gasteiger partial charge in [-0.3, -0.25) is 4.79 Å². The maximum absolute atomic E-state index is 12.3. The Balaban J connectivity index is 2.60. The summed E-state index contributed by atoms with van der Waals surface area (Å²) in [4.78, 5) is 14.0. The third-order valence-electron chi connectivity index (χ3n) is 2.06. The average Bonchev–Trinajstić information content (AvgIpc) is 2.24. The number of nitrogens with zero attached hydrogens (tertiary/aromatic N) is 1. The largest absolute Gasteiger partial charge is 0.417 e. The number of carbonyl (C=O) groups is 1. The van der Waals surface area contributed by atoms with Crippen LogP contribution in [0, 0.1) is 0 Å². The number of carbonyl (C=O) groups excluding carboxylic acids is 1. The van der Waals surface area contributed by atoms with E-state index in [1.165, 1.54) is 0 Å². The van der Waals surface area contributed by atoms with Crippen molar-refractivity contribution in [3.63, 3.8) is 0 Å². The molecule has 0 spiro atoms. The van der Waals surface area contributed by atoms with Crippen LogP contribution in [0.25, 0.3) is 0 Å². The molecule has 100 valence electrons. The van der Waals surface area contributed by atoms with Gasteiger partial charge in [0.1, 0.15) is 5.82 Å². The van der Waals surface area contributed by atoms with Crippen molar-refractivity contribution in [1.29, 1.82) is 0 Å². The first kappa shape index (κ1) is 14.6. The molecule has 0 aliphatic rings. The second-order valence-corrected chi connectivity index (χ2v) is 3.96. The Morgan fingerprint density at radius 3 is 2.67 bits per heavy atom. The molecular formula is C10H11ClF3N3O. The number of amides is 1. The van der Waals surface area contributed by atoms with Crippen molar-refractivity contribution >= 4 is 23.3 Å². The predicted octanol–water partition coefficient (Wildman–Crippen LogP) is 2.43. The Labute approximate surface area is 106 Å². The van der Waals surface area contributed by atoms with E-state index in [2.05, 4.69) is 10.3 Å². The van der Waals surface area contributed by atoms with Gasteiger partial charge in [-0.2, -0.15) is 13.2 Å². The lowest BCUT2D eigenvalue weighted by Gasteiger charge is -2.10. The maximum atomic E-state index is 12.3. The van der Waals surface area contributed by atoms with Gasteiger partial charge >= 0.3 is 6.18 Å². The number of pyridine rings is 1. The Kier molecular flexibility index (Phi) is 4.77. The minimum absolute atomic E-state index is 0.121. The van der Waals surface area contributed by atoms with Gasteiger partial charge in [0.05, 0.1) is 10.6 Å². The fraction of sp³-hybridized carbons (Fsp3) is 0.400. The van der Waals surface area contributed by atoms with Gasteiger partial charge in [0.25, 0.3) is 0 Å². The van der Waals surface area contributed by atoms with Crippen LogP contribution in [0.15, 0.2) is 12.3 Å². The SMILES string of the molecule is NC(=O)CCCNc1ncc(C(F)(F)F)cc1Cl. The molecule has 0 bridgehead atoms. The van der Waals surface area contributed by atoms with Crippen LogP contribution in [0.3, 0.4) is 0 Å². The van der Waals surface area contributed by atoms with Gasteiger partial charge in [0.2, 0.25) is 5.91 Å². The lowest BCUT2D eigenvalue weighted by molar-refractivity contribution is -0.137. The number of hydrogen-bond acceptors (Lipinski definition) is 3. The molecule has 0 radical (unpaired) electrons. The highest BCUT2D eigenvalue weighted by Gasteiger charge is 2.31. The van der Waals surface area contributed by atoms with Crippen LogP contribution in [-0.4, -0.2) is 17.4 Å². The van der Waals surface area contributed by atoms with E-state index >= 15 is 0 Å². The monoisotopic (exact) mass is 281 g/mol. The normalized spacial score (nSPS) is 11.3. The van der Waals surface area contributed by atoms with Crippen molar-refractivity contribution in [3.8, 4) is 0 Å². The van der Waals surface area contributed by atoms with Gasteiger partial charge in [0.15, 0.2) is 0 Å². The zero-order valence-corrected chi connectivity index (χ0v) is 9.98. The molecule has 18 heavy (non-hydrogen) atoms. The van der Waals surface area contributed by atoms with E-state index in [4.69, 9.17) is 17.3 Å². The third-order valence-corrected chi connectivity index (χ3v) is 2.35. The zero-order valence-electron chi connectivity index (χ0n) is 9.22. The quantitative estimate of drug-likeness (QED) is 0.815. The van der Waals surface area contributed by atoms with E-state index < -0.39 is 17.6 Å². The van der Waals surface area contributed by atoms with Gasteiger partial charge in [-0.25, -0.2) is 4.98 Å². The minimum Gasteiger partial charge on any atom is -0.370 e. The molecule has 3 N–H and O–H groups in total. The molecule has 8 heteroatoms. The van der Waals surface area contributed by atoms with Crippen molar-refractivity contribution < 1.29 is 18.0 Å². The van der Waals surface area contributed by atoms with Crippen LogP contribution in [0.2, 0.25) is 5.02 Å². The maximum Gasteiger partial charge on any atom is 0.417 e. The van der Waals surface area contributed by atoms with Gasteiger partial charge in [-0.15, -0.1) is 0 Å².